The third-order valence-electron chi connectivity index (χ3n) is 2.87. The highest BCUT2D eigenvalue weighted by Crippen LogP contribution is 2.20. The normalized spacial score (nSPS) is 11.6. The van der Waals surface area contributed by atoms with Gasteiger partial charge in [-0.3, -0.25) is 4.68 Å². The van der Waals surface area contributed by atoms with E-state index in [-0.39, 0.29) is 4.90 Å². The first-order valence-electron chi connectivity index (χ1n) is 6.05. The second-order valence-electron chi connectivity index (χ2n) is 4.42. The van der Waals surface area contributed by atoms with Crippen molar-refractivity contribution in [3.8, 4) is 0 Å². The number of anilines is 1. The van der Waals surface area contributed by atoms with E-state index in [4.69, 9.17) is 0 Å². The second kappa shape index (κ2) is 5.59. The lowest BCUT2D eigenvalue weighted by molar-refractivity contribution is 0.587. The van der Waals surface area contributed by atoms with Crippen molar-refractivity contribution < 1.29 is 8.42 Å². The SMILES string of the molecule is CNS(=O)(=O)c1cc(NCc2cn(C)nn2)ccc1C. The van der Waals surface area contributed by atoms with Crippen molar-refractivity contribution >= 4 is 15.7 Å². The Kier molecular flexibility index (Phi) is 4.05. The molecule has 1 aromatic carbocycles. The molecule has 2 aromatic rings. The summed E-state index contributed by atoms with van der Waals surface area (Å²) in [6.45, 7) is 2.24. The zero-order chi connectivity index (χ0) is 14.8. The molecule has 1 aromatic heterocycles. The van der Waals surface area contributed by atoms with Crippen molar-refractivity contribution in [2.75, 3.05) is 12.4 Å². The molecule has 0 amide bonds. The van der Waals surface area contributed by atoms with E-state index >= 15 is 0 Å². The van der Waals surface area contributed by atoms with Gasteiger partial charge in [0.2, 0.25) is 10.0 Å². The van der Waals surface area contributed by atoms with Crippen molar-refractivity contribution in [1.29, 1.82) is 0 Å². The Labute approximate surface area is 118 Å². The van der Waals surface area contributed by atoms with Crippen molar-refractivity contribution in [1.82, 2.24) is 19.7 Å². The van der Waals surface area contributed by atoms with Crippen LogP contribution >= 0.6 is 0 Å². The molecule has 0 aliphatic heterocycles. The Hall–Kier alpha value is -1.93. The van der Waals surface area contributed by atoms with Crippen LogP contribution in [-0.4, -0.2) is 30.5 Å². The topological polar surface area (TPSA) is 88.9 Å². The van der Waals surface area contributed by atoms with Crippen LogP contribution in [0.1, 0.15) is 11.3 Å². The Morgan fingerprint density at radius 3 is 2.70 bits per heavy atom. The van der Waals surface area contributed by atoms with Crippen LogP contribution in [0.5, 0.6) is 0 Å². The summed E-state index contributed by atoms with van der Waals surface area (Å²) < 4.78 is 27.7. The molecule has 0 aliphatic carbocycles. The van der Waals surface area contributed by atoms with Gasteiger partial charge in [0.15, 0.2) is 0 Å². The lowest BCUT2D eigenvalue weighted by Gasteiger charge is -2.10. The van der Waals surface area contributed by atoms with E-state index in [0.717, 1.165) is 11.4 Å². The van der Waals surface area contributed by atoms with Crippen LogP contribution in [-0.2, 0) is 23.6 Å². The molecule has 0 atom stereocenters. The summed E-state index contributed by atoms with van der Waals surface area (Å²) in [5.74, 6) is 0. The molecule has 0 unspecified atom stereocenters. The van der Waals surface area contributed by atoms with Gasteiger partial charge in [-0.25, -0.2) is 13.1 Å². The minimum atomic E-state index is -3.45. The molecule has 108 valence electrons. The van der Waals surface area contributed by atoms with Gasteiger partial charge in [0, 0.05) is 18.9 Å². The van der Waals surface area contributed by atoms with Crippen LogP contribution in [0.4, 0.5) is 5.69 Å². The van der Waals surface area contributed by atoms with Crippen LogP contribution in [0.3, 0.4) is 0 Å². The molecule has 0 radical (unpaired) electrons. The van der Waals surface area contributed by atoms with E-state index < -0.39 is 10.0 Å². The van der Waals surface area contributed by atoms with Crippen molar-refractivity contribution in [3.63, 3.8) is 0 Å². The number of hydrogen-bond donors (Lipinski definition) is 2. The predicted octanol–water partition coefficient (Wildman–Crippen LogP) is 0.644. The maximum atomic E-state index is 11.9. The summed E-state index contributed by atoms with van der Waals surface area (Å²) in [6, 6.07) is 5.21. The molecular formula is C12H17N5O2S. The van der Waals surface area contributed by atoms with Gasteiger partial charge in [0.05, 0.1) is 11.4 Å². The number of sulfonamides is 1. The fourth-order valence-electron chi connectivity index (χ4n) is 1.78. The predicted molar refractivity (Wildman–Crippen MR) is 75.8 cm³/mol. The molecule has 7 nitrogen and oxygen atoms in total. The maximum absolute atomic E-state index is 11.9. The molecule has 0 saturated heterocycles. The quantitative estimate of drug-likeness (QED) is 0.845. The first-order valence-corrected chi connectivity index (χ1v) is 7.54. The van der Waals surface area contributed by atoms with Crippen LogP contribution in [0.25, 0.3) is 0 Å². The second-order valence-corrected chi connectivity index (χ2v) is 6.28. The van der Waals surface area contributed by atoms with Crippen LogP contribution in [0, 0.1) is 6.92 Å². The summed E-state index contributed by atoms with van der Waals surface area (Å²) in [5, 5.41) is 10.9. The number of nitrogens with one attached hydrogen (secondary N) is 2. The van der Waals surface area contributed by atoms with Crippen LogP contribution in [0.15, 0.2) is 29.3 Å². The van der Waals surface area contributed by atoms with Gasteiger partial charge in [-0.15, -0.1) is 5.10 Å². The number of aryl methyl sites for hydroxylation is 2. The molecule has 1 heterocycles. The standard InChI is InChI=1S/C12H17N5O2S/c1-9-4-5-10(6-12(9)20(18,19)13-2)14-7-11-8-17(3)16-15-11/h4-6,8,13-14H,7H2,1-3H3. The van der Waals surface area contributed by atoms with E-state index in [2.05, 4.69) is 20.4 Å². The highest BCUT2D eigenvalue weighted by molar-refractivity contribution is 7.89. The highest BCUT2D eigenvalue weighted by atomic mass is 32.2. The molecule has 8 heteroatoms. The van der Waals surface area contributed by atoms with Crippen molar-refractivity contribution in [3.05, 3.63) is 35.7 Å². The van der Waals surface area contributed by atoms with Gasteiger partial charge < -0.3 is 5.32 Å². The first kappa shape index (κ1) is 14.5. The highest BCUT2D eigenvalue weighted by Gasteiger charge is 2.15. The van der Waals surface area contributed by atoms with Gasteiger partial charge in [-0.2, -0.15) is 0 Å². The lowest BCUT2D eigenvalue weighted by atomic mass is 10.2. The smallest absolute Gasteiger partial charge is 0.240 e. The van der Waals surface area contributed by atoms with E-state index in [1.54, 1.807) is 37.0 Å². The molecule has 0 bridgehead atoms. The first-order chi connectivity index (χ1) is 9.42. The Bertz CT molecular complexity index is 708. The minimum Gasteiger partial charge on any atom is -0.379 e. The summed E-state index contributed by atoms with van der Waals surface area (Å²) >= 11 is 0. The number of rotatable bonds is 5. The number of benzene rings is 1. The van der Waals surface area contributed by atoms with Gasteiger partial charge >= 0.3 is 0 Å². The zero-order valence-electron chi connectivity index (χ0n) is 11.6. The third-order valence-corrected chi connectivity index (χ3v) is 4.43. The molecule has 2 rings (SSSR count). The van der Waals surface area contributed by atoms with E-state index in [9.17, 15) is 8.42 Å². The van der Waals surface area contributed by atoms with E-state index in [1.165, 1.54) is 7.05 Å². The zero-order valence-corrected chi connectivity index (χ0v) is 12.4. The monoisotopic (exact) mass is 295 g/mol. The largest absolute Gasteiger partial charge is 0.379 e. The molecular weight excluding hydrogens is 278 g/mol. The molecule has 0 aliphatic rings. The van der Waals surface area contributed by atoms with Crippen LogP contribution < -0.4 is 10.0 Å². The number of hydrogen-bond acceptors (Lipinski definition) is 5. The van der Waals surface area contributed by atoms with Gasteiger partial charge in [-0.05, 0) is 31.7 Å². The molecule has 0 fully saturated rings. The van der Waals surface area contributed by atoms with Gasteiger partial charge in [0.25, 0.3) is 0 Å². The Morgan fingerprint density at radius 2 is 2.10 bits per heavy atom. The van der Waals surface area contributed by atoms with Gasteiger partial charge in [0.1, 0.15) is 5.69 Å². The summed E-state index contributed by atoms with van der Waals surface area (Å²) in [7, 11) is -0.263. The van der Waals surface area contributed by atoms with Crippen molar-refractivity contribution in [2.24, 2.45) is 7.05 Å². The van der Waals surface area contributed by atoms with E-state index in [1.807, 2.05) is 6.07 Å². The van der Waals surface area contributed by atoms with E-state index in [0.29, 0.717) is 12.1 Å². The fraction of sp³-hybridized carbons (Fsp3) is 0.333. The summed E-state index contributed by atoms with van der Waals surface area (Å²) in [6.07, 6.45) is 1.80. The average Bonchev–Trinajstić information content (AvgIpc) is 2.83. The molecule has 0 spiro atoms. The Balaban J connectivity index is 2.19. The minimum absolute atomic E-state index is 0.268. The summed E-state index contributed by atoms with van der Waals surface area (Å²) in [5.41, 5.74) is 2.20. The number of aromatic nitrogens is 3. The van der Waals surface area contributed by atoms with Gasteiger partial charge in [-0.1, -0.05) is 11.3 Å². The Morgan fingerprint density at radius 1 is 1.35 bits per heavy atom. The average molecular weight is 295 g/mol. The fourth-order valence-corrected chi connectivity index (χ4v) is 2.77. The lowest BCUT2D eigenvalue weighted by Crippen LogP contribution is -2.19. The summed E-state index contributed by atoms with van der Waals surface area (Å²) in [4.78, 5) is 0.268. The molecule has 2 N–H and O–H groups in total. The molecule has 20 heavy (non-hydrogen) atoms. The molecule has 0 saturated carbocycles. The van der Waals surface area contributed by atoms with Crippen molar-refractivity contribution in [2.45, 2.75) is 18.4 Å². The number of nitrogens with zero attached hydrogens (tertiary/aromatic N) is 3. The maximum Gasteiger partial charge on any atom is 0.240 e. The third kappa shape index (κ3) is 3.14. The van der Waals surface area contributed by atoms with Crippen LogP contribution in [0.2, 0.25) is 0 Å².